The van der Waals surface area contributed by atoms with Crippen molar-refractivity contribution >= 4 is 6.29 Å². The highest BCUT2D eigenvalue weighted by Gasteiger charge is 2.15. The number of alkyl halides is 2. The number of rotatable bonds is 2. The van der Waals surface area contributed by atoms with Crippen LogP contribution in [-0.4, -0.2) is 6.29 Å². The monoisotopic (exact) mass is 192 g/mol. The van der Waals surface area contributed by atoms with E-state index < -0.39 is 29.2 Å². The Morgan fingerprint density at radius 2 is 1.62 bits per heavy atom. The molecular weight excluding hydrogens is 188 g/mol. The number of hydrogen-bond donors (Lipinski definition) is 0. The van der Waals surface area contributed by atoms with Crippen LogP contribution in [0, 0.1) is 11.6 Å². The van der Waals surface area contributed by atoms with Gasteiger partial charge in [0.1, 0.15) is 11.6 Å². The van der Waals surface area contributed by atoms with Gasteiger partial charge in [0, 0.05) is 5.56 Å². The molecule has 0 aliphatic heterocycles. The fourth-order valence-corrected chi connectivity index (χ4v) is 0.842. The molecule has 0 bridgehead atoms. The summed E-state index contributed by atoms with van der Waals surface area (Å²) in [6, 6.07) is 0.884. The SMILES string of the molecule is O=Cc1c(F)cc(C(F)F)cc1F. The highest BCUT2D eigenvalue weighted by Crippen LogP contribution is 2.22. The first-order valence-corrected chi connectivity index (χ1v) is 3.28. The van der Waals surface area contributed by atoms with Gasteiger partial charge in [-0.15, -0.1) is 0 Å². The smallest absolute Gasteiger partial charge is 0.264 e. The minimum Gasteiger partial charge on any atom is -0.298 e. The van der Waals surface area contributed by atoms with E-state index in [4.69, 9.17) is 0 Å². The van der Waals surface area contributed by atoms with Crippen LogP contribution in [0.25, 0.3) is 0 Å². The van der Waals surface area contributed by atoms with Crippen molar-refractivity contribution in [3.05, 3.63) is 34.9 Å². The summed E-state index contributed by atoms with van der Waals surface area (Å²) in [5.74, 6) is -2.55. The van der Waals surface area contributed by atoms with Crippen molar-refractivity contribution < 1.29 is 22.4 Å². The fraction of sp³-hybridized carbons (Fsp3) is 0.125. The summed E-state index contributed by atoms with van der Waals surface area (Å²) < 4.78 is 49.2. The average Bonchev–Trinajstić information content (AvgIpc) is 2.03. The summed E-state index contributed by atoms with van der Waals surface area (Å²) >= 11 is 0. The zero-order valence-electron chi connectivity index (χ0n) is 6.23. The van der Waals surface area contributed by atoms with Crippen molar-refractivity contribution in [2.45, 2.75) is 6.43 Å². The maximum atomic E-state index is 12.7. The molecule has 0 atom stereocenters. The van der Waals surface area contributed by atoms with Crippen LogP contribution in [0.15, 0.2) is 12.1 Å². The third-order valence-corrected chi connectivity index (χ3v) is 1.47. The van der Waals surface area contributed by atoms with E-state index in [9.17, 15) is 22.4 Å². The molecule has 70 valence electrons. The molecule has 0 N–H and O–H groups in total. The highest BCUT2D eigenvalue weighted by atomic mass is 19.3. The largest absolute Gasteiger partial charge is 0.298 e. The van der Waals surface area contributed by atoms with Gasteiger partial charge in [0.05, 0.1) is 5.56 Å². The van der Waals surface area contributed by atoms with E-state index in [1.165, 1.54) is 0 Å². The molecule has 1 aromatic carbocycles. The van der Waals surface area contributed by atoms with Gasteiger partial charge >= 0.3 is 0 Å². The van der Waals surface area contributed by atoms with Crippen LogP contribution in [-0.2, 0) is 0 Å². The first-order valence-electron chi connectivity index (χ1n) is 3.28. The average molecular weight is 192 g/mol. The van der Waals surface area contributed by atoms with E-state index in [-0.39, 0.29) is 6.29 Å². The summed E-state index contributed by atoms with van der Waals surface area (Å²) in [5, 5.41) is 0. The van der Waals surface area contributed by atoms with Crippen molar-refractivity contribution in [2.75, 3.05) is 0 Å². The van der Waals surface area contributed by atoms with Crippen molar-refractivity contribution in [1.29, 1.82) is 0 Å². The summed E-state index contributed by atoms with van der Waals surface area (Å²) in [5.41, 5.74) is -1.61. The normalized spacial score (nSPS) is 10.5. The van der Waals surface area contributed by atoms with Crippen LogP contribution in [0.1, 0.15) is 22.3 Å². The van der Waals surface area contributed by atoms with Crippen LogP contribution in [0.5, 0.6) is 0 Å². The molecule has 0 radical (unpaired) electrons. The molecule has 5 heteroatoms. The Balaban J connectivity index is 3.28. The first kappa shape index (κ1) is 9.70. The van der Waals surface area contributed by atoms with Crippen molar-refractivity contribution in [1.82, 2.24) is 0 Å². The third-order valence-electron chi connectivity index (χ3n) is 1.47. The number of carbonyl (C=O) groups is 1. The predicted octanol–water partition coefficient (Wildman–Crippen LogP) is 2.71. The van der Waals surface area contributed by atoms with E-state index in [1.807, 2.05) is 0 Å². The standard InChI is InChI=1S/C8H4F4O/c9-6-1-4(8(11)12)2-7(10)5(6)3-13/h1-3,8H. The Morgan fingerprint density at radius 1 is 1.15 bits per heavy atom. The van der Waals surface area contributed by atoms with Crippen LogP contribution >= 0.6 is 0 Å². The Bertz CT molecular complexity index is 312. The second kappa shape index (κ2) is 3.55. The summed E-state index contributed by atoms with van der Waals surface area (Å²) in [4.78, 5) is 10.1. The molecule has 1 rings (SSSR count). The van der Waals surface area contributed by atoms with Crippen molar-refractivity contribution in [3.8, 4) is 0 Å². The van der Waals surface area contributed by atoms with E-state index in [2.05, 4.69) is 0 Å². The summed E-state index contributed by atoms with van der Waals surface area (Å²) in [6.07, 6.45) is -3.01. The van der Waals surface area contributed by atoms with Gasteiger partial charge in [-0.05, 0) is 12.1 Å². The molecule has 0 aliphatic carbocycles. The zero-order chi connectivity index (χ0) is 10.0. The number of aldehydes is 1. The van der Waals surface area contributed by atoms with Crippen LogP contribution < -0.4 is 0 Å². The Kier molecular flexibility index (Phi) is 2.65. The quantitative estimate of drug-likeness (QED) is 0.520. The summed E-state index contributed by atoms with van der Waals surface area (Å²) in [6.45, 7) is 0. The number of benzene rings is 1. The molecule has 1 nitrogen and oxygen atoms in total. The van der Waals surface area contributed by atoms with Crippen molar-refractivity contribution in [3.63, 3.8) is 0 Å². The van der Waals surface area contributed by atoms with Crippen LogP contribution in [0.2, 0.25) is 0 Å². The molecule has 0 amide bonds. The van der Waals surface area contributed by atoms with Gasteiger partial charge in [0.25, 0.3) is 6.43 Å². The van der Waals surface area contributed by atoms with E-state index in [0.717, 1.165) is 0 Å². The molecule has 0 heterocycles. The van der Waals surface area contributed by atoms with Crippen molar-refractivity contribution in [2.24, 2.45) is 0 Å². The maximum Gasteiger partial charge on any atom is 0.264 e. The van der Waals surface area contributed by atoms with Gasteiger partial charge in [-0.1, -0.05) is 0 Å². The lowest BCUT2D eigenvalue weighted by atomic mass is 10.1. The number of halogens is 4. The molecule has 0 saturated heterocycles. The minimum absolute atomic E-state index is 0.0556. The Morgan fingerprint density at radius 3 is 1.92 bits per heavy atom. The topological polar surface area (TPSA) is 17.1 Å². The van der Waals surface area contributed by atoms with Crippen LogP contribution in [0.4, 0.5) is 17.6 Å². The molecule has 0 fully saturated rings. The number of hydrogen-bond acceptors (Lipinski definition) is 1. The zero-order valence-corrected chi connectivity index (χ0v) is 6.23. The molecule has 1 aromatic rings. The Labute approximate surface area is 71.0 Å². The third kappa shape index (κ3) is 1.85. The molecule has 0 spiro atoms. The Hall–Kier alpha value is -1.39. The lowest BCUT2D eigenvalue weighted by Crippen LogP contribution is -1.97. The second-order valence-corrected chi connectivity index (χ2v) is 2.32. The van der Waals surface area contributed by atoms with E-state index in [1.54, 1.807) is 0 Å². The molecule has 13 heavy (non-hydrogen) atoms. The van der Waals surface area contributed by atoms with Gasteiger partial charge in [-0.25, -0.2) is 17.6 Å². The summed E-state index contributed by atoms with van der Waals surface area (Å²) in [7, 11) is 0. The first-order chi connectivity index (χ1) is 6.06. The number of carbonyl (C=O) groups excluding carboxylic acids is 1. The van der Waals surface area contributed by atoms with Gasteiger partial charge in [0.2, 0.25) is 0 Å². The van der Waals surface area contributed by atoms with E-state index in [0.29, 0.717) is 12.1 Å². The molecule has 0 saturated carbocycles. The molecule has 0 aromatic heterocycles. The van der Waals surface area contributed by atoms with Crippen LogP contribution in [0.3, 0.4) is 0 Å². The van der Waals surface area contributed by atoms with Gasteiger partial charge in [-0.3, -0.25) is 4.79 Å². The lowest BCUT2D eigenvalue weighted by Gasteiger charge is -2.02. The molecule has 0 aliphatic rings. The van der Waals surface area contributed by atoms with E-state index >= 15 is 0 Å². The van der Waals surface area contributed by atoms with Gasteiger partial charge in [-0.2, -0.15) is 0 Å². The lowest BCUT2D eigenvalue weighted by molar-refractivity contribution is 0.111. The fourth-order valence-electron chi connectivity index (χ4n) is 0.842. The predicted molar refractivity (Wildman–Crippen MR) is 36.7 cm³/mol. The maximum absolute atomic E-state index is 12.7. The minimum atomic E-state index is -2.95. The molecule has 0 unspecified atom stereocenters. The second-order valence-electron chi connectivity index (χ2n) is 2.32. The molecular formula is C8H4F4O. The van der Waals surface area contributed by atoms with Gasteiger partial charge < -0.3 is 0 Å². The van der Waals surface area contributed by atoms with Gasteiger partial charge in [0.15, 0.2) is 6.29 Å². The highest BCUT2D eigenvalue weighted by molar-refractivity contribution is 5.75.